The lowest BCUT2D eigenvalue weighted by Gasteiger charge is -2.15. The number of nitrogens with one attached hydrogen (secondary N) is 1. The van der Waals surface area contributed by atoms with E-state index < -0.39 is 6.10 Å². The summed E-state index contributed by atoms with van der Waals surface area (Å²) in [4.78, 5) is 14.6. The maximum atomic E-state index is 11.4. The molecule has 0 bridgehead atoms. The van der Waals surface area contributed by atoms with Crippen molar-refractivity contribution in [2.45, 2.75) is 19.6 Å². The van der Waals surface area contributed by atoms with Crippen LogP contribution >= 0.6 is 11.3 Å². The Labute approximate surface area is 99.9 Å². The lowest BCUT2D eigenvalue weighted by atomic mass is 10.4. The number of hydrogen-bond acceptors (Lipinski definition) is 4. The predicted octanol–water partition coefficient (Wildman–Crippen LogP) is 0.677. The Hall–Kier alpha value is -0.910. The van der Waals surface area contributed by atoms with Gasteiger partial charge in [0.1, 0.15) is 0 Å². The van der Waals surface area contributed by atoms with Gasteiger partial charge in [0, 0.05) is 18.0 Å². The van der Waals surface area contributed by atoms with Gasteiger partial charge in [-0.25, -0.2) is 0 Å². The zero-order valence-electron chi connectivity index (χ0n) is 9.64. The third-order valence-corrected chi connectivity index (χ3v) is 2.88. The van der Waals surface area contributed by atoms with Crippen LogP contribution in [0, 0.1) is 0 Å². The van der Waals surface area contributed by atoms with Crippen LogP contribution in [-0.2, 0) is 11.3 Å². The monoisotopic (exact) mass is 242 g/mol. The van der Waals surface area contributed by atoms with E-state index in [9.17, 15) is 4.79 Å². The molecule has 16 heavy (non-hydrogen) atoms. The molecular formula is C11H18N2O2S. The smallest absolute Gasteiger partial charge is 0.234 e. The number of hydrogen-bond donors (Lipinski definition) is 2. The first-order chi connectivity index (χ1) is 7.58. The molecule has 0 aliphatic carbocycles. The Morgan fingerprint density at radius 3 is 3.00 bits per heavy atom. The topological polar surface area (TPSA) is 52.6 Å². The van der Waals surface area contributed by atoms with Crippen LogP contribution in [0.4, 0.5) is 0 Å². The minimum Gasteiger partial charge on any atom is -0.392 e. The van der Waals surface area contributed by atoms with Gasteiger partial charge in [0.05, 0.1) is 12.6 Å². The Morgan fingerprint density at radius 2 is 2.44 bits per heavy atom. The molecule has 1 aromatic rings. The van der Waals surface area contributed by atoms with Crippen molar-refractivity contribution in [1.29, 1.82) is 0 Å². The molecule has 1 rings (SSSR count). The van der Waals surface area contributed by atoms with Gasteiger partial charge in [-0.15, -0.1) is 11.3 Å². The van der Waals surface area contributed by atoms with E-state index in [-0.39, 0.29) is 5.91 Å². The lowest BCUT2D eigenvalue weighted by Crippen LogP contribution is -2.37. The van der Waals surface area contributed by atoms with Gasteiger partial charge in [-0.1, -0.05) is 6.07 Å². The van der Waals surface area contributed by atoms with Crippen molar-refractivity contribution in [2.75, 3.05) is 20.1 Å². The molecule has 0 spiro atoms. The molecule has 90 valence electrons. The van der Waals surface area contributed by atoms with Gasteiger partial charge < -0.3 is 10.4 Å². The van der Waals surface area contributed by atoms with Gasteiger partial charge in [-0.2, -0.15) is 0 Å². The minimum absolute atomic E-state index is 0.0556. The number of thiophene rings is 1. The van der Waals surface area contributed by atoms with Crippen LogP contribution in [0.2, 0.25) is 0 Å². The highest BCUT2D eigenvalue weighted by molar-refractivity contribution is 7.09. The molecule has 1 aromatic heterocycles. The molecule has 4 nitrogen and oxygen atoms in total. The summed E-state index contributed by atoms with van der Waals surface area (Å²) in [7, 11) is 1.90. The molecule has 1 atom stereocenters. The van der Waals surface area contributed by atoms with E-state index in [4.69, 9.17) is 5.11 Å². The first-order valence-electron chi connectivity index (χ1n) is 5.23. The number of rotatable bonds is 6. The fourth-order valence-electron chi connectivity index (χ4n) is 1.29. The zero-order valence-corrected chi connectivity index (χ0v) is 10.5. The lowest BCUT2D eigenvalue weighted by molar-refractivity contribution is -0.122. The normalized spacial score (nSPS) is 12.8. The molecule has 0 aliphatic rings. The van der Waals surface area contributed by atoms with Crippen molar-refractivity contribution in [1.82, 2.24) is 10.2 Å². The van der Waals surface area contributed by atoms with Crippen LogP contribution in [0.15, 0.2) is 17.5 Å². The molecule has 1 amide bonds. The summed E-state index contributed by atoms with van der Waals surface area (Å²) in [6.07, 6.45) is -0.494. The van der Waals surface area contributed by atoms with E-state index in [1.165, 1.54) is 4.88 Å². The number of amides is 1. The maximum absolute atomic E-state index is 11.4. The van der Waals surface area contributed by atoms with Crippen molar-refractivity contribution in [3.63, 3.8) is 0 Å². The third-order valence-electron chi connectivity index (χ3n) is 2.01. The average Bonchev–Trinajstić information content (AvgIpc) is 2.67. The highest BCUT2D eigenvalue weighted by atomic mass is 32.1. The van der Waals surface area contributed by atoms with Crippen molar-refractivity contribution in [3.05, 3.63) is 22.4 Å². The molecule has 0 saturated heterocycles. The zero-order chi connectivity index (χ0) is 12.0. The van der Waals surface area contributed by atoms with Crippen LogP contribution < -0.4 is 5.32 Å². The summed E-state index contributed by atoms with van der Waals surface area (Å²) in [5.41, 5.74) is 0. The van der Waals surface area contributed by atoms with Gasteiger partial charge in [0.2, 0.25) is 5.91 Å². The first-order valence-corrected chi connectivity index (χ1v) is 6.11. The second-order valence-electron chi connectivity index (χ2n) is 3.90. The number of nitrogens with zero attached hydrogens (tertiary/aromatic N) is 1. The van der Waals surface area contributed by atoms with Crippen LogP contribution in [0.5, 0.6) is 0 Å². The summed E-state index contributed by atoms with van der Waals surface area (Å²) >= 11 is 1.68. The minimum atomic E-state index is -0.494. The van der Waals surface area contributed by atoms with Crippen molar-refractivity contribution in [3.8, 4) is 0 Å². The van der Waals surface area contributed by atoms with E-state index in [1.54, 1.807) is 18.3 Å². The van der Waals surface area contributed by atoms with Gasteiger partial charge >= 0.3 is 0 Å². The summed E-state index contributed by atoms with van der Waals surface area (Å²) in [5.74, 6) is -0.0556. The maximum Gasteiger partial charge on any atom is 0.234 e. The largest absolute Gasteiger partial charge is 0.392 e. The number of carbonyl (C=O) groups is 1. The Morgan fingerprint density at radius 1 is 1.69 bits per heavy atom. The summed E-state index contributed by atoms with van der Waals surface area (Å²) in [5, 5.41) is 13.7. The van der Waals surface area contributed by atoms with E-state index in [1.807, 2.05) is 23.4 Å². The summed E-state index contributed by atoms with van der Waals surface area (Å²) in [6, 6.07) is 4.05. The van der Waals surface area contributed by atoms with Gasteiger partial charge in [0.15, 0.2) is 0 Å². The molecule has 1 unspecified atom stereocenters. The van der Waals surface area contributed by atoms with Crippen molar-refractivity contribution < 1.29 is 9.90 Å². The highest BCUT2D eigenvalue weighted by Gasteiger charge is 2.07. The number of carbonyl (C=O) groups excluding carboxylic acids is 1. The highest BCUT2D eigenvalue weighted by Crippen LogP contribution is 2.10. The fraction of sp³-hybridized carbons (Fsp3) is 0.545. The Balaban J connectivity index is 2.23. The fourth-order valence-corrected chi connectivity index (χ4v) is 2.07. The molecule has 1 heterocycles. The van der Waals surface area contributed by atoms with Gasteiger partial charge in [-0.3, -0.25) is 9.69 Å². The predicted molar refractivity (Wildman–Crippen MR) is 65.3 cm³/mol. The van der Waals surface area contributed by atoms with Crippen LogP contribution in [-0.4, -0.2) is 42.2 Å². The molecule has 0 aliphatic heterocycles. The van der Waals surface area contributed by atoms with E-state index in [0.717, 1.165) is 6.54 Å². The first kappa shape index (κ1) is 13.2. The van der Waals surface area contributed by atoms with Crippen LogP contribution in [0.25, 0.3) is 0 Å². The average molecular weight is 242 g/mol. The quantitative estimate of drug-likeness (QED) is 0.771. The Bertz CT molecular complexity index is 312. The number of aliphatic hydroxyl groups is 1. The standard InChI is InChI=1S/C11H18N2O2S/c1-9(14)6-12-11(15)8-13(2)7-10-4-3-5-16-10/h3-5,9,14H,6-8H2,1-2H3,(H,12,15). The molecular weight excluding hydrogens is 224 g/mol. The molecule has 0 radical (unpaired) electrons. The second-order valence-corrected chi connectivity index (χ2v) is 4.94. The van der Waals surface area contributed by atoms with E-state index in [0.29, 0.717) is 13.1 Å². The van der Waals surface area contributed by atoms with E-state index in [2.05, 4.69) is 11.4 Å². The molecule has 5 heteroatoms. The van der Waals surface area contributed by atoms with Crippen molar-refractivity contribution in [2.24, 2.45) is 0 Å². The molecule has 0 fully saturated rings. The summed E-state index contributed by atoms with van der Waals surface area (Å²) in [6.45, 7) is 3.09. The van der Waals surface area contributed by atoms with Crippen LogP contribution in [0.1, 0.15) is 11.8 Å². The number of likely N-dealkylation sites (N-methyl/N-ethyl adjacent to an activating group) is 1. The SMILES string of the molecule is CC(O)CNC(=O)CN(C)Cc1cccs1. The number of aliphatic hydroxyl groups excluding tert-OH is 1. The second kappa shape index (κ2) is 6.62. The van der Waals surface area contributed by atoms with Gasteiger partial charge in [0.25, 0.3) is 0 Å². The van der Waals surface area contributed by atoms with Crippen molar-refractivity contribution >= 4 is 17.2 Å². The summed E-state index contributed by atoms with van der Waals surface area (Å²) < 4.78 is 0. The van der Waals surface area contributed by atoms with Crippen LogP contribution in [0.3, 0.4) is 0 Å². The molecule has 0 aromatic carbocycles. The Kier molecular flexibility index (Phi) is 5.45. The van der Waals surface area contributed by atoms with E-state index >= 15 is 0 Å². The molecule has 0 saturated carbocycles. The third kappa shape index (κ3) is 5.25. The molecule has 2 N–H and O–H groups in total. The van der Waals surface area contributed by atoms with Gasteiger partial charge in [-0.05, 0) is 25.4 Å².